The summed E-state index contributed by atoms with van der Waals surface area (Å²) >= 11 is 0. The number of carbonyl (C=O) groups is 3. The molecule has 1 unspecified atom stereocenters. The van der Waals surface area contributed by atoms with E-state index in [1.165, 1.54) is 18.4 Å². The molecule has 10 nitrogen and oxygen atoms in total. The number of allylic oxidation sites excluding steroid dienone is 1. The van der Waals surface area contributed by atoms with Crippen molar-refractivity contribution in [1.82, 2.24) is 5.32 Å². The van der Waals surface area contributed by atoms with E-state index in [1.807, 2.05) is 30.3 Å². The zero-order chi connectivity index (χ0) is 38.9. The number of epoxide rings is 1. The Morgan fingerprint density at radius 3 is 2.33 bits per heavy atom. The highest BCUT2D eigenvalue weighted by atomic mass is 16.8. The van der Waals surface area contributed by atoms with Crippen molar-refractivity contribution in [1.29, 1.82) is 0 Å². The van der Waals surface area contributed by atoms with Crippen molar-refractivity contribution in [3.8, 4) is 0 Å². The Morgan fingerprint density at radius 1 is 0.982 bits per heavy atom. The summed E-state index contributed by atoms with van der Waals surface area (Å²) in [6.07, 6.45) is 12.8. The van der Waals surface area contributed by atoms with E-state index in [0.717, 1.165) is 50.5 Å². The second-order valence-corrected chi connectivity index (χ2v) is 19.5. The number of aliphatic hydroxyl groups excluding tert-OH is 1. The standard InChI is InChI=1S/C45H61NO9/c1-42(2,3)54-38(48)18-16-32(25-47)46-40(49)29-22-35(39-36(23-29)52-45(55-39,30-12-13-30)31-14-15-31)51-41(50)27-9-7-26(8-10-27)21-28-11-17-37-44(6,53-37)20-19-34-33(28)24-43(34,4)5/h7-10,21,23,30-37,39,47H,11-20,22,24-25H2,1-6H3,(H,46,49)/t32-,33+,34+,35+,36+,37?,39-,44+/m0/s1. The molecule has 4 saturated carbocycles. The maximum Gasteiger partial charge on any atom is 0.338 e. The molecule has 2 saturated heterocycles. The van der Waals surface area contributed by atoms with Crippen LogP contribution in [-0.4, -0.2) is 77.0 Å². The predicted octanol–water partition coefficient (Wildman–Crippen LogP) is 7.22. The number of fused-ring (bicyclic) bond motifs is 3. The molecule has 0 spiro atoms. The van der Waals surface area contributed by atoms with Crippen LogP contribution in [0.5, 0.6) is 0 Å². The Bertz CT molecular complexity index is 1700. The third-order valence-electron chi connectivity index (χ3n) is 13.5. The Balaban J connectivity index is 0.959. The molecule has 6 fully saturated rings. The van der Waals surface area contributed by atoms with Gasteiger partial charge in [0, 0.05) is 30.3 Å². The number of nitrogens with one attached hydrogen (secondary N) is 1. The molecular weight excluding hydrogens is 698 g/mol. The fourth-order valence-corrected chi connectivity index (χ4v) is 10.1. The largest absolute Gasteiger partial charge is 0.460 e. The number of hydrogen-bond acceptors (Lipinski definition) is 9. The summed E-state index contributed by atoms with van der Waals surface area (Å²) in [5, 5.41) is 13.0. The predicted molar refractivity (Wildman–Crippen MR) is 205 cm³/mol. The lowest BCUT2D eigenvalue weighted by Crippen LogP contribution is -2.45. The van der Waals surface area contributed by atoms with E-state index in [1.54, 1.807) is 20.8 Å². The second kappa shape index (κ2) is 14.4. The molecule has 8 rings (SSSR count). The van der Waals surface area contributed by atoms with Crippen molar-refractivity contribution >= 4 is 23.9 Å². The molecule has 55 heavy (non-hydrogen) atoms. The molecule has 8 atom stereocenters. The Morgan fingerprint density at radius 2 is 1.69 bits per heavy atom. The fraction of sp³-hybridized carbons (Fsp3) is 0.711. The van der Waals surface area contributed by atoms with Gasteiger partial charge in [-0.05, 0) is 133 Å². The molecule has 0 bridgehead atoms. The molecule has 7 aliphatic rings. The minimum Gasteiger partial charge on any atom is -0.460 e. The van der Waals surface area contributed by atoms with Crippen molar-refractivity contribution < 1.29 is 43.2 Å². The van der Waals surface area contributed by atoms with Crippen LogP contribution >= 0.6 is 0 Å². The second-order valence-electron chi connectivity index (χ2n) is 19.5. The summed E-state index contributed by atoms with van der Waals surface area (Å²) in [5.41, 5.74) is 3.18. The lowest BCUT2D eigenvalue weighted by atomic mass is 9.52. The average Bonchev–Trinajstić information content (AvgIpc) is 4.03. The van der Waals surface area contributed by atoms with Gasteiger partial charge in [0.2, 0.25) is 5.91 Å². The van der Waals surface area contributed by atoms with Gasteiger partial charge >= 0.3 is 11.9 Å². The molecular formula is C45H61NO9. The van der Waals surface area contributed by atoms with E-state index in [0.29, 0.717) is 46.3 Å². The normalized spacial score (nSPS) is 34.6. The van der Waals surface area contributed by atoms with E-state index in [-0.39, 0.29) is 37.4 Å². The van der Waals surface area contributed by atoms with Crippen LogP contribution < -0.4 is 5.32 Å². The van der Waals surface area contributed by atoms with Crippen molar-refractivity contribution in [3.05, 3.63) is 52.6 Å². The molecule has 10 heteroatoms. The molecule has 5 aliphatic carbocycles. The van der Waals surface area contributed by atoms with Crippen molar-refractivity contribution in [2.75, 3.05) is 6.61 Å². The van der Waals surface area contributed by atoms with E-state index in [4.69, 9.17) is 23.7 Å². The third kappa shape index (κ3) is 8.21. The van der Waals surface area contributed by atoms with E-state index >= 15 is 0 Å². The molecule has 0 radical (unpaired) electrons. The summed E-state index contributed by atoms with van der Waals surface area (Å²) in [7, 11) is 0. The number of amides is 1. The van der Waals surface area contributed by atoms with Crippen LogP contribution in [-0.2, 0) is 33.3 Å². The summed E-state index contributed by atoms with van der Waals surface area (Å²) < 4.78 is 31.3. The van der Waals surface area contributed by atoms with Crippen LogP contribution in [0.2, 0.25) is 0 Å². The highest BCUT2D eigenvalue weighted by Crippen LogP contribution is 2.61. The zero-order valence-electron chi connectivity index (χ0n) is 33.6. The molecule has 1 amide bonds. The van der Waals surface area contributed by atoms with Gasteiger partial charge in [0.15, 0.2) is 5.79 Å². The minimum atomic E-state index is -0.744. The van der Waals surface area contributed by atoms with Gasteiger partial charge in [0.1, 0.15) is 23.9 Å². The smallest absolute Gasteiger partial charge is 0.338 e. The molecule has 1 aromatic carbocycles. The van der Waals surface area contributed by atoms with Gasteiger partial charge in [-0.15, -0.1) is 0 Å². The highest BCUT2D eigenvalue weighted by molar-refractivity contribution is 5.94. The molecule has 1 aromatic rings. The highest BCUT2D eigenvalue weighted by Gasteiger charge is 2.64. The van der Waals surface area contributed by atoms with Crippen LogP contribution in [0.4, 0.5) is 0 Å². The van der Waals surface area contributed by atoms with Crippen LogP contribution in [0.15, 0.2) is 41.5 Å². The monoisotopic (exact) mass is 759 g/mol. The third-order valence-corrected chi connectivity index (χ3v) is 13.5. The zero-order valence-corrected chi connectivity index (χ0v) is 33.6. The first-order valence-corrected chi connectivity index (χ1v) is 20.9. The van der Waals surface area contributed by atoms with Crippen LogP contribution in [0.1, 0.15) is 135 Å². The first kappa shape index (κ1) is 38.8. The molecule has 2 aliphatic heterocycles. The lowest BCUT2D eigenvalue weighted by molar-refractivity contribution is -0.209. The fourth-order valence-electron chi connectivity index (χ4n) is 10.1. The van der Waals surface area contributed by atoms with Crippen LogP contribution in [0.3, 0.4) is 0 Å². The maximum absolute atomic E-state index is 13.8. The molecule has 2 heterocycles. The quantitative estimate of drug-likeness (QED) is 0.177. The van der Waals surface area contributed by atoms with Gasteiger partial charge in [0.05, 0.1) is 29.9 Å². The van der Waals surface area contributed by atoms with Gasteiger partial charge < -0.3 is 34.1 Å². The minimum absolute atomic E-state index is 0.0460. The Kier molecular flexibility index (Phi) is 10.2. The first-order valence-electron chi connectivity index (χ1n) is 20.9. The topological polar surface area (TPSA) is 133 Å². The number of ether oxygens (including phenoxy) is 5. The number of carbonyl (C=O) groups excluding carboxylic acids is 3. The number of rotatable bonds is 11. The van der Waals surface area contributed by atoms with E-state index in [2.05, 4.69) is 32.2 Å². The summed E-state index contributed by atoms with van der Waals surface area (Å²) in [4.78, 5) is 39.9. The van der Waals surface area contributed by atoms with E-state index < -0.39 is 47.7 Å². The Labute approximate surface area is 326 Å². The summed E-state index contributed by atoms with van der Waals surface area (Å²) in [5.74, 6) is -0.132. The van der Waals surface area contributed by atoms with Crippen molar-refractivity contribution in [3.63, 3.8) is 0 Å². The number of hydrogen-bond donors (Lipinski definition) is 2. The first-order chi connectivity index (χ1) is 26.1. The Hall–Kier alpha value is -3.05. The van der Waals surface area contributed by atoms with Crippen molar-refractivity contribution in [2.45, 2.75) is 166 Å². The van der Waals surface area contributed by atoms with Gasteiger partial charge in [-0.2, -0.15) is 0 Å². The number of esters is 2. The number of aliphatic hydroxyl groups is 1. The SMILES string of the molecule is CC(C)(C)OC(=O)CC[C@@H](CO)NC(=O)C1=C[C@H]2OC(C3CC3)(C3CC3)O[C@H]2[C@H](OC(=O)c2ccc(C=C3CCC4O[C@]4(C)CC[C@@H]4[C@@H]3CC4(C)C)cc2)C1. The van der Waals surface area contributed by atoms with Crippen LogP contribution in [0.25, 0.3) is 6.08 Å². The summed E-state index contributed by atoms with van der Waals surface area (Å²) in [6, 6.07) is 7.02. The molecule has 0 aromatic heterocycles. The maximum atomic E-state index is 13.8. The van der Waals surface area contributed by atoms with E-state index in [9.17, 15) is 19.5 Å². The average molecular weight is 760 g/mol. The van der Waals surface area contributed by atoms with Crippen LogP contribution in [0, 0.1) is 29.1 Å². The van der Waals surface area contributed by atoms with Gasteiger partial charge in [-0.25, -0.2) is 4.79 Å². The summed E-state index contributed by atoms with van der Waals surface area (Å²) in [6.45, 7) is 12.1. The lowest BCUT2D eigenvalue weighted by Gasteiger charge is -2.53. The van der Waals surface area contributed by atoms with Gasteiger partial charge in [0.25, 0.3) is 0 Å². The number of benzene rings is 1. The molecule has 300 valence electrons. The van der Waals surface area contributed by atoms with Crippen molar-refractivity contribution in [2.24, 2.45) is 29.1 Å². The van der Waals surface area contributed by atoms with Gasteiger partial charge in [-0.3, -0.25) is 9.59 Å². The molecule has 2 N–H and O–H groups in total. The van der Waals surface area contributed by atoms with Gasteiger partial charge in [-0.1, -0.05) is 37.6 Å².